The second-order valence-electron chi connectivity index (χ2n) is 5.83. The van der Waals surface area contributed by atoms with Gasteiger partial charge in [0, 0.05) is 17.1 Å². The van der Waals surface area contributed by atoms with E-state index in [1.807, 2.05) is 13.0 Å². The smallest absolute Gasteiger partial charge is 0.169 e. The average Bonchev–Trinajstić information content (AvgIpc) is 2.77. The minimum Gasteiger partial charge on any atom is -0.389 e. The molecule has 19 heavy (non-hydrogen) atoms. The van der Waals surface area contributed by atoms with Crippen LogP contribution in [0.5, 0.6) is 0 Å². The molecule has 1 rings (SSSR count). The van der Waals surface area contributed by atoms with Crippen LogP contribution in [-0.4, -0.2) is 22.2 Å². The summed E-state index contributed by atoms with van der Waals surface area (Å²) in [6.45, 7) is 4.12. The van der Waals surface area contributed by atoms with E-state index in [1.54, 1.807) is 0 Å². The van der Waals surface area contributed by atoms with E-state index in [2.05, 4.69) is 6.92 Å². The zero-order valence-corrected chi connectivity index (χ0v) is 13.2. The van der Waals surface area contributed by atoms with Crippen LogP contribution in [0.1, 0.15) is 71.6 Å². The Hall–Kier alpha value is -0.280. The molecule has 0 saturated heterocycles. The third-order valence-electron chi connectivity index (χ3n) is 3.58. The number of hydrogen-bond acceptors (Lipinski definition) is 3. The van der Waals surface area contributed by atoms with E-state index in [9.17, 15) is 9.90 Å². The standard InChI is InChI=1S/C16H28O2S/c1-3-4-5-6-7-8-12-16(2,18)13-19-15-11-9-10-14(15)17/h11,18H,3-10,12-13H2,1-2H3. The topological polar surface area (TPSA) is 37.3 Å². The molecule has 2 nitrogen and oxygen atoms in total. The Morgan fingerprint density at radius 1 is 1.26 bits per heavy atom. The molecule has 0 saturated carbocycles. The van der Waals surface area contributed by atoms with E-state index in [1.165, 1.54) is 43.9 Å². The minimum absolute atomic E-state index is 0.250. The van der Waals surface area contributed by atoms with Gasteiger partial charge in [-0.1, -0.05) is 51.5 Å². The van der Waals surface area contributed by atoms with Crippen LogP contribution < -0.4 is 0 Å². The lowest BCUT2D eigenvalue weighted by atomic mass is 9.99. The molecule has 0 amide bonds. The Morgan fingerprint density at radius 2 is 1.95 bits per heavy atom. The summed E-state index contributed by atoms with van der Waals surface area (Å²) in [5.41, 5.74) is -0.640. The number of hydrogen-bond donors (Lipinski definition) is 1. The highest BCUT2D eigenvalue weighted by Gasteiger charge is 2.23. The maximum absolute atomic E-state index is 11.5. The minimum atomic E-state index is -0.640. The number of Topliss-reactive ketones (excluding diaryl/α,β-unsaturated/α-hetero) is 1. The van der Waals surface area contributed by atoms with Crippen LogP contribution in [0.4, 0.5) is 0 Å². The first-order valence-corrected chi connectivity index (χ1v) is 8.62. The number of allylic oxidation sites excluding steroid dienone is 2. The predicted octanol–water partition coefficient (Wildman–Crippen LogP) is 4.47. The SMILES string of the molecule is CCCCCCCCC(C)(O)CSC1=CCCC1=O. The maximum Gasteiger partial charge on any atom is 0.169 e. The van der Waals surface area contributed by atoms with Crippen molar-refractivity contribution >= 4 is 17.5 Å². The van der Waals surface area contributed by atoms with Crippen molar-refractivity contribution in [2.75, 3.05) is 5.75 Å². The Kier molecular flexibility index (Phi) is 7.77. The van der Waals surface area contributed by atoms with Crippen LogP contribution in [0, 0.1) is 0 Å². The summed E-state index contributed by atoms with van der Waals surface area (Å²) in [5.74, 6) is 0.889. The van der Waals surface area contributed by atoms with E-state index < -0.39 is 5.60 Å². The molecule has 0 bridgehead atoms. The van der Waals surface area contributed by atoms with E-state index >= 15 is 0 Å². The number of carbonyl (C=O) groups is 1. The second kappa shape index (κ2) is 8.80. The van der Waals surface area contributed by atoms with Crippen molar-refractivity contribution in [3.05, 3.63) is 11.0 Å². The second-order valence-corrected chi connectivity index (χ2v) is 6.85. The highest BCUT2D eigenvalue weighted by atomic mass is 32.2. The summed E-state index contributed by atoms with van der Waals surface area (Å²) in [6.07, 6.45) is 11.9. The highest BCUT2D eigenvalue weighted by molar-refractivity contribution is 8.04. The fraction of sp³-hybridized carbons (Fsp3) is 0.812. The van der Waals surface area contributed by atoms with Crippen LogP contribution in [0.25, 0.3) is 0 Å². The third-order valence-corrected chi connectivity index (χ3v) is 5.06. The summed E-state index contributed by atoms with van der Waals surface area (Å²) in [7, 11) is 0. The van der Waals surface area contributed by atoms with Gasteiger partial charge in [-0.3, -0.25) is 4.79 Å². The van der Waals surface area contributed by atoms with E-state index in [4.69, 9.17) is 0 Å². The largest absolute Gasteiger partial charge is 0.389 e. The number of thioether (sulfide) groups is 1. The van der Waals surface area contributed by atoms with Crippen molar-refractivity contribution in [2.45, 2.75) is 77.2 Å². The Labute approximate surface area is 122 Å². The molecule has 0 fully saturated rings. The lowest BCUT2D eigenvalue weighted by Crippen LogP contribution is -2.27. The van der Waals surface area contributed by atoms with Gasteiger partial charge in [-0.15, -0.1) is 11.8 Å². The zero-order chi connectivity index (χ0) is 14.1. The first kappa shape index (κ1) is 16.8. The van der Waals surface area contributed by atoms with Crippen LogP contribution >= 0.6 is 11.8 Å². The van der Waals surface area contributed by atoms with Gasteiger partial charge in [0.1, 0.15) is 0 Å². The van der Waals surface area contributed by atoms with Gasteiger partial charge in [-0.2, -0.15) is 0 Å². The molecule has 3 heteroatoms. The fourth-order valence-electron chi connectivity index (χ4n) is 2.30. The first-order chi connectivity index (χ1) is 9.05. The molecule has 1 atom stereocenters. The van der Waals surface area contributed by atoms with Crippen molar-refractivity contribution in [1.29, 1.82) is 0 Å². The molecule has 0 aromatic heterocycles. The molecule has 1 N–H and O–H groups in total. The van der Waals surface area contributed by atoms with Gasteiger partial charge >= 0.3 is 0 Å². The molecule has 0 aliphatic heterocycles. The van der Waals surface area contributed by atoms with Crippen LogP contribution in [0.15, 0.2) is 11.0 Å². The molecular weight excluding hydrogens is 256 g/mol. The van der Waals surface area contributed by atoms with Crippen molar-refractivity contribution in [3.8, 4) is 0 Å². The summed E-state index contributed by atoms with van der Waals surface area (Å²) >= 11 is 1.53. The predicted molar refractivity (Wildman–Crippen MR) is 83.4 cm³/mol. The molecule has 0 aromatic rings. The number of aliphatic hydroxyl groups is 1. The molecule has 1 unspecified atom stereocenters. The van der Waals surface area contributed by atoms with E-state index in [0.717, 1.165) is 24.2 Å². The van der Waals surface area contributed by atoms with E-state index in [0.29, 0.717) is 12.2 Å². The van der Waals surface area contributed by atoms with Crippen molar-refractivity contribution < 1.29 is 9.90 Å². The molecule has 0 radical (unpaired) electrons. The average molecular weight is 284 g/mol. The van der Waals surface area contributed by atoms with Crippen LogP contribution in [-0.2, 0) is 4.79 Å². The summed E-state index contributed by atoms with van der Waals surface area (Å²) in [6, 6.07) is 0. The van der Waals surface area contributed by atoms with Crippen LogP contribution in [0.3, 0.4) is 0 Å². The molecule has 1 aliphatic rings. The van der Waals surface area contributed by atoms with Crippen molar-refractivity contribution in [1.82, 2.24) is 0 Å². The molecule has 0 heterocycles. The first-order valence-electron chi connectivity index (χ1n) is 7.64. The van der Waals surface area contributed by atoms with E-state index in [-0.39, 0.29) is 5.78 Å². The van der Waals surface area contributed by atoms with Gasteiger partial charge in [0.25, 0.3) is 0 Å². The maximum atomic E-state index is 11.5. The van der Waals surface area contributed by atoms with Crippen molar-refractivity contribution in [2.24, 2.45) is 0 Å². The summed E-state index contributed by atoms with van der Waals surface area (Å²) in [5, 5.41) is 10.3. The number of ketones is 1. The molecular formula is C16H28O2S. The van der Waals surface area contributed by atoms with Crippen molar-refractivity contribution in [3.63, 3.8) is 0 Å². The van der Waals surface area contributed by atoms with Gasteiger partial charge < -0.3 is 5.11 Å². The Bertz CT molecular complexity index is 308. The molecule has 110 valence electrons. The zero-order valence-electron chi connectivity index (χ0n) is 12.4. The molecule has 1 aliphatic carbocycles. The lowest BCUT2D eigenvalue weighted by molar-refractivity contribution is -0.114. The van der Waals surface area contributed by atoms with Gasteiger partial charge in [-0.05, 0) is 19.8 Å². The number of unbranched alkanes of at least 4 members (excludes halogenated alkanes) is 5. The number of carbonyl (C=O) groups excluding carboxylic acids is 1. The lowest BCUT2D eigenvalue weighted by Gasteiger charge is -2.22. The monoisotopic (exact) mass is 284 g/mol. The fourth-order valence-corrected chi connectivity index (χ4v) is 3.41. The quantitative estimate of drug-likeness (QED) is 0.601. The normalized spacial score (nSPS) is 18.5. The Morgan fingerprint density at radius 3 is 2.58 bits per heavy atom. The van der Waals surface area contributed by atoms with Gasteiger partial charge in [0.2, 0.25) is 0 Å². The summed E-state index contributed by atoms with van der Waals surface area (Å²) < 4.78 is 0. The third kappa shape index (κ3) is 7.17. The van der Waals surface area contributed by atoms with Gasteiger partial charge in [0.15, 0.2) is 5.78 Å². The molecule has 0 spiro atoms. The number of rotatable bonds is 10. The Balaban J connectivity index is 2.11. The van der Waals surface area contributed by atoms with Gasteiger partial charge in [-0.25, -0.2) is 0 Å². The highest BCUT2D eigenvalue weighted by Crippen LogP contribution is 2.30. The summed E-state index contributed by atoms with van der Waals surface area (Å²) in [4.78, 5) is 12.3. The van der Waals surface area contributed by atoms with Crippen LogP contribution in [0.2, 0.25) is 0 Å². The van der Waals surface area contributed by atoms with Gasteiger partial charge in [0.05, 0.1) is 5.60 Å². The molecule has 0 aromatic carbocycles.